The number of likely N-dealkylation sites (tertiary alicyclic amines) is 1. The van der Waals surface area contributed by atoms with Crippen molar-refractivity contribution < 1.29 is 9.18 Å². The Morgan fingerprint density at radius 3 is 2.82 bits per heavy atom. The van der Waals surface area contributed by atoms with Crippen LogP contribution in [0.2, 0.25) is 0 Å². The summed E-state index contributed by atoms with van der Waals surface area (Å²) >= 11 is 0. The van der Waals surface area contributed by atoms with Gasteiger partial charge in [0.2, 0.25) is 0 Å². The van der Waals surface area contributed by atoms with Crippen molar-refractivity contribution in [2.45, 2.75) is 31.8 Å². The number of amides is 1. The van der Waals surface area contributed by atoms with Crippen LogP contribution in [0.15, 0.2) is 73.1 Å². The molecule has 2 aromatic heterocycles. The number of rotatable bonds is 7. The maximum atomic E-state index is 13.4. The van der Waals surface area contributed by atoms with Crippen LogP contribution in [0.3, 0.4) is 0 Å². The SMILES string of the molecule is O=C(c1cccc(NCc2cccnc2)c1)N1CCCC1c1n[nH]c(Cc2ccc(F)cc2)n1. The van der Waals surface area contributed by atoms with E-state index in [1.165, 1.54) is 12.1 Å². The molecule has 0 radical (unpaired) electrons. The van der Waals surface area contributed by atoms with Crippen LogP contribution in [0.4, 0.5) is 10.1 Å². The van der Waals surface area contributed by atoms with E-state index in [-0.39, 0.29) is 17.8 Å². The van der Waals surface area contributed by atoms with Crippen molar-refractivity contribution in [3.63, 3.8) is 0 Å². The second kappa shape index (κ2) is 9.82. The molecule has 8 heteroatoms. The number of nitrogens with zero attached hydrogens (tertiary/aromatic N) is 4. The number of carbonyl (C=O) groups excluding carboxylic acids is 1. The molecule has 2 aromatic carbocycles. The van der Waals surface area contributed by atoms with Crippen LogP contribution in [-0.2, 0) is 13.0 Å². The molecule has 5 rings (SSSR count). The standard InChI is InChI=1S/C26H25FN6O/c27-21-10-8-18(9-11-21)14-24-30-25(32-31-24)23-7-3-13-33(23)26(34)20-5-1-6-22(15-20)29-17-19-4-2-12-28-16-19/h1-2,4-6,8-12,15-16,23,29H,3,7,13-14,17H2,(H,30,31,32). The Bertz CT molecular complexity index is 1260. The minimum atomic E-state index is -0.265. The Labute approximate surface area is 197 Å². The highest BCUT2D eigenvalue weighted by Crippen LogP contribution is 2.31. The Balaban J connectivity index is 1.27. The first-order valence-corrected chi connectivity index (χ1v) is 11.3. The lowest BCUT2D eigenvalue weighted by atomic mass is 10.1. The van der Waals surface area contributed by atoms with E-state index in [9.17, 15) is 9.18 Å². The minimum Gasteiger partial charge on any atom is -0.381 e. The molecule has 0 aliphatic carbocycles. The van der Waals surface area contributed by atoms with E-state index in [4.69, 9.17) is 0 Å². The van der Waals surface area contributed by atoms with Crippen molar-refractivity contribution in [3.05, 3.63) is 107 Å². The molecule has 34 heavy (non-hydrogen) atoms. The van der Waals surface area contributed by atoms with Crippen molar-refractivity contribution in [2.75, 3.05) is 11.9 Å². The van der Waals surface area contributed by atoms with Crippen LogP contribution in [0.25, 0.3) is 0 Å². The van der Waals surface area contributed by atoms with E-state index in [0.29, 0.717) is 36.7 Å². The number of nitrogens with one attached hydrogen (secondary N) is 2. The summed E-state index contributed by atoms with van der Waals surface area (Å²) in [6, 6.07) is 17.6. The number of H-pyrrole nitrogens is 1. The van der Waals surface area contributed by atoms with Crippen LogP contribution >= 0.6 is 0 Å². The van der Waals surface area contributed by atoms with Gasteiger partial charge in [-0.1, -0.05) is 24.3 Å². The highest BCUT2D eigenvalue weighted by Gasteiger charge is 2.33. The summed E-state index contributed by atoms with van der Waals surface area (Å²) in [7, 11) is 0. The highest BCUT2D eigenvalue weighted by atomic mass is 19.1. The molecule has 0 bridgehead atoms. The summed E-state index contributed by atoms with van der Waals surface area (Å²) in [6.45, 7) is 1.30. The second-order valence-corrected chi connectivity index (χ2v) is 8.40. The van der Waals surface area contributed by atoms with Gasteiger partial charge in [-0.05, 0) is 60.4 Å². The molecule has 1 aliphatic rings. The quantitative estimate of drug-likeness (QED) is 0.427. The van der Waals surface area contributed by atoms with Gasteiger partial charge in [-0.25, -0.2) is 9.37 Å². The second-order valence-electron chi connectivity index (χ2n) is 8.40. The molecule has 0 spiro atoms. The number of carbonyl (C=O) groups is 1. The van der Waals surface area contributed by atoms with Gasteiger partial charge >= 0.3 is 0 Å². The molecule has 1 saturated heterocycles. The average Bonchev–Trinajstić information content (AvgIpc) is 3.54. The predicted octanol–water partition coefficient (Wildman–Crippen LogP) is 4.52. The van der Waals surface area contributed by atoms with Crippen molar-refractivity contribution >= 4 is 11.6 Å². The van der Waals surface area contributed by atoms with E-state index in [2.05, 4.69) is 25.5 Å². The summed E-state index contributed by atoms with van der Waals surface area (Å²) in [4.78, 5) is 24.0. The highest BCUT2D eigenvalue weighted by molar-refractivity contribution is 5.95. The molecular formula is C26H25FN6O. The maximum Gasteiger partial charge on any atom is 0.254 e. The summed E-state index contributed by atoms with van der Waals surface area (Å²) < 4.78 is 13.2. The number of halogens is 1. The zero-order chi connectivity index (χ0) is 23.3. The van der Waals surface area contributed by atoms with Gasteiger partial charge in [0.15, 0.2) is 5.82 Å². The first-order valence-electron chi connectivity index (χ1n) is 11.3. The fraction of sp³-hybridized carbons (Fsp3) is 0.231. The van der Waals surface area contributed by atoms with Crippen molar-refractivity contribution in [2.24, 2.45) is 0 Å². The van der Waals surface area contributed by atoms with Gasteiger partial charge in [0, 0.05) is 43.2 Å². The predicted molar refractivity (Wildman–Crippen MR) is 127 cm³/mol. The summed E-state index contributed by atoms with van der Waals surface area (Å²) in [5.74, 6) is 1.02. The minimum absolute atomic E-state index is 0.0302. The molecule has 0 saturated carbocycles. The van der Waals surface area contributed by atoms with Gasteiger partial charge in [-0.2, -0.15) is 5.10 Å². The van der Waals surface area contributed by atoms with Gasteiger partial charge < -0.3 is 10.2 Å². The van der Waals surface area contributed by atoms with Crippen molar-refractivity contribution in [1.29, 1.82) is 0 Å². The van der Waals surface area contributed by atoms with Gasteiger partial charge in [0.1, 0.15) is 11.6 Å². The monoisotopic (exact) mass is 456 g/mol. The van der Waals surface area contributed by atoms with Crippen molar-refractivity contribution in [1.82, 2.24) is 25.1 Å². The van der Waals surface area contributed by atoms with Gasteiger partial charge in [-0.15, -0.1) is 0 Å². The third kappa shape index (κ3) is 4.96. The first kappa shape index (κ1) is 21.8. The molecule has 3 heterocycles. The van der Waals surface area contributed by atoms with Crippen LogP contribution in [-0.4, -0.2) is 37.5 Å². The molecule has 4 aromatic rings. The van der Waals surface area contributed by atoms with Crippen LogP contribution < -0.4 is 5.32 Å². The molecule has 1 atom stereocenters. The number of aromatic amines is 1. The Hall–Kier alpha value is -4.07. The lowest BCUT2D eigenvalue weighted by Gasteiger charge is -2.23. The van der Waals surface area contributed by atoms with E-state index in [0.717, 1.165) is 29.7 Å². The van der Waals surface area contributed by atoms with Gasteiger partial charge in [0.25, 0.3) is 5.91 Å². The number of anilines is 1. The van der Waals surface area contributed by atoms with Crippen LogP contribution in [0.1, 0.15) is 52.0 Å². The maximum absolute atomic E-state index is 13.4. The Morgan fingerprint density at radius 2 is 2.00 bits per heavy atom. The van der Waals surface area contributed by atoms with Crippen LogP contribution in [0.5, 0.6) is 0 Å². The third-order valence-electron chi connectivity index (χ3n) is 5.97. The smallest absolute Gasteiger partial charge is 0.254 e. The summed E-state index contributed by atoms with van der Waals surface area (Å²) in [5.41, 5.74) is 3.52. The first-order chi connectivity index (χ1) is 16.7. The van der Waals surface area contributed by atoms with Gasteiger partial charge in [-0.3, -0.25) is 14.9 Å². The number of benzene rings is 2. The fourth-order valence-corrected chi connectivity index (χ4v) is 4.25. The number of hydrogen-bond acceptors (Lipinski definition) is 5. The normalized spacial score (nSPS) is 15.4. The lowest BCUT2D eigenvalue weighted by Crippen LogP contribution is -2.31. The van der Waals surface area contributed by atoms with Crippen molar-refractivity contribution in [3.8, 4) is 0 Å². The largest absolute Gasteiger partial charge is 0.381 e. The molecule has 7 nitrogen and oxygen atoms in total. The van der Waals surface area contributed by atoms with E-state index in [1.807, 2.05) is 47.5 Å². The topological polar surface area (TPSA) is 86.8 Å². The molecule has 1 unspecified atom stereocenters. The molecule has 172 valence electrons. The Morgan fingerprint density at radius 1 is 1.12 bits per heavy atom. The summed E-state index contributed by atoms with van der Waals surface area (Å²) in [6.07, 6.45) is 5.81. The number of aromatic nitrogens is 4. The fourth-order valence-electron chi connectivity index (χ4n) is 4.25. The van der Waals surface area contributed by atoms with Gasteiger partial charge in [0.05, 0.1) is 6.04 Å². The van der Waals surface area contributed by atoms with E-state index < -0.39 is 0 Å². The molecule has 1 aliphatic heterocycles. The number of pyridine rings is 1. The molecule has 1 fully saturated rings. The average molecular weight is 457 g/mol. The lowest BCUT2D eigenvalue weighted by molar-refractivity contribution is 0.0730. The van der Waals surface area contributed by atoms with E-state index >= 15 is 0 Å². The van der Waals surface area contributed by atoms with E-state index in [1.54, 1.807) is 18.3 Å². The summed E-state index contributed by atoms with van der Waals surface area (Å²) in [5, 5.41) is 10.7. The molecule has 2 N–H and O–H groups in total. The Kier molecular flexibility index (Phi) is 6.29. The molecule has 1 amide bonds. The zero-order valence-corrected chi connectivity index (χ0v) is 18.6. The van der Waals surface area contributed by atoms with Crippen LogP contribution in [0, 0.1) is 5.82 Å². The third-order valence-corrected chi connectivity index (χ3v) is 5.97. The zero-order valence-electron chi connectivity index (χ0n) is 18.6. The number of hydrogen-bond donors (Lipinski definition) is 2. The molecular weight excluding hydrogens is 431 g/mol.